The van der Waals surface area contributed by atoms with Crippen LogP contribution in [0.3, 0.4) is 0 Å². The van der Waals surface area contributed by atoms with Crippen LogP contribution in [-0.4, -0.2) is 30.4 Å². The van der Waals surface area contributed by atoms with Crippen molar-refractivity contribution in [1.29, 1.82) is 0 Å². The standard InChI is InChI=1S/C11H14FNO2S2/c1-9-13(6-7-16-9)17(14,15)8-10-2-4-11(12)5-3-10/h2-5,9H,6-8H2,1H3. The second-order valence-electron chi connectivity index (χ2n) is 3.96. The van der Waals surface area contributed by atoms with E-state index in [9.17, 15) is 12.8 Å². The van der Waals surface area contributed by atoms with Crippen LogP contribution in [-0.2, 0) is 15.8 Å². The van der Waals surface area contributed by atoms with Gasteiger partial charge in [-0.25, -0.2) is 12.8 Å². The van der Waals surface area contributed by atoms with Gasteiger partial charge >= 0.3 is 0 Å². The van der Waals surface area contributed by atoms with Gasteiger partial charge in [0.2, 0.25) is 10.0 Å². The Labute approximate surface area is 105 Å². The molecular weight excluding hydrogens is 261 g/mol. The maximum Gasteiger partial charge on any atom is 0.219 e. The zero-order chi connectivity index (χ0) is 12.5. The average Bonchev–Trinajstić information content (AvgIpc) is 2.68. The summed E-state index contributed by atoms with van der Waals surface area (Å²) in [5.41, 5.74) is 0.621. The van der Waals surface area contributed by atoms with Crippen LogP contribution in [0.5, 0.6) is 0 Å². The summed E-state index contributed by atoms with van der Waals surface area (Å²) in [6.45, 7) is 2.45. The van der Waals surface area contributed by atoms with E-state index in [0.717, 1.165) is 5.75 Å². The lowest BCUT2D eigenvalue weighted by Crippen LogP contribution is -2.34. The molecule has 0 aromatic heterocycles. The molecule has 0 amide bonds. The minimum absolute atomic E-state index is 0.000415. The first kappa shape index (κ1) is 12.9. The van der Waals surface area contributed by atoms with Crippen LogP contribution in [0.2, 0.25) is 0 Å². The number of hydrogen-bond donors (Lipinski definition) is 0. The summed E-state index contributed by atoms with van der Waals surface area (Å²) in [7, 11) is -3.29. The van der Waals surface area contributed by atoms with Crippen LogP contribution < -0.4 is 0 Å². The molecule has 17 heavy (non-hydrogen) atoms. The van der Waals surface area contributed by atoms with Crippen LogP contribution >= 0.6 is 11.8 Å². The van der Waals surface area contributed by atoms with Gasteiger partial charge in [-0.15, -0.1) is 11.8 Å². The van der Waals surface area contributed by atoms with Gasteiger partial charge in [0, 0.05) is 12.3 Å². The third kappa shape index (κ3) is 3.00. The van der Waals surface area contributed by atoms with Gasteiger partial charge in [0.25, 0.3) is 0 Å². The highest BCUT2D eigenvalue weighted by atomic mass is 32.2. The third-order valence-corrected chi connectivity index (χ3v) is 5.90. The smallest absolute Gasteiger partial charge is 0.212 e. The molecule has 6 heteroatoms. The van der Waals surface area contributed by atoms with Gasteiger partial charge in [-0.1, -0.05) is 12.1 Å². The maximum atomic E-state index is 12.7. The van der Waals surface area contributed by atoms with Crippen molar-refractivity contribution >= 4 is 21.8 Å². The lowest BCUT2D eigenvalue weighted by Gasteiger charge is -2.19. The number of rotatable bonds is 3. The molecule has 0 saturated carbocycles. The second-order valence-corrected chi connectivity index (χ2v) is 7.31. The Morgan fingerprint density at radius 2 is 2.06 bits per heavy atom. The fourth-order valence-electron chi connectivity index (χ4n) is 1.82. The largest absolute Gasteiger partial charge is 0.219 e. The first-order valence-corrected chi connectivity index (χ1v) is 8.00. The summed E-state index contributed by atoms with van der Waals surface area (Å²) in [6.07, 6.45) is 0. The Morgan fingerprint density at radius 3 is 2.59 bits per heavy atom. The van der Waals surface area contributed by atoms with Crippen molar-refractivity contribution in [2.24, 2.45) is 0 Å². The van der Waals surface area contributed by atoms with Crippen LogP contribution in [0.1, 0.15) is 12.5 Å². The monoisotopic (exact) mass is 275 g/mol. The molecule has 1 heterocycles. The van der Waals surface area contributed by atoms with Crippen LogP contribution in [0, 0.1) is 5.82 Å². The summed E-state index contributed by atoms with van der Waals surface area (Å²) in [5.74, 6) is 0.429. The van der Waals surface area contributed by atoms with Crippen molar-refractivity contribution in [3.63, 3.8) is 0 Å². The second kappa shape index (κ2) is 4.96. The molecule has 94 valence electrons. The fraction of sp³-hybridized carbons (Fsp3) is 0.455. The van der Waals surface area contributed by atoms with Crippen molar-refractivity contribution in [3.05, 3.63) is 35.6 Å². The van der Waals surface area contributed by atoms with Crippen LogP contribution in [0.4, 0.5) is 4.39 Å². The van der Waals surface area contributed by atoms with E-state index in [1.165, 1.54) is 28.6 Å². The van der Waals surface area contributed by atoms with E-state index < -0.39 is 10.0 Å². The fourth-order valence-corrected chi connectivity index (χ4v) is 5.03. The van der Waals surface area contributed by atoms with Gasteiger partial charge in [-0.3, -0.25) is 0 Å². The third-order valence-electron chi connectivity index (χ3n) is 2.70. The normalized spacial score (nSPS) is 21.9. The van der Waals surface area contributed by atoms with E-state index in [-0.39, 0.29) is 16.9 Å². The van der Waals surface area contributed by atoms with Crippen molar-refractivity contribution < 1.29 is 12.8 Å². The Kier molecular flexibility index (Phi) is 3.75. The molecule has 0 bridgehead atoms. The zero-order valence-electron chi connectivity index (χ0n) is 9.47. The van der Waals surface area contributed by atoms with Gasteiger partial charge in [0.05, 0.1) is 11.1 Å². The van der Waals surface area contributed by atoms with Gasteiger partial charge in [-0.2, -0.15) is 4.31 Å². The molecule has 0 aliphatic carbocycles. The summed E-state index contributed by atoms with van der Waals surface area (Å²) < 4.78 is 38.5. The first-order valence-electron chi connectivity index (χ1n) is 5.34. The molecule has 0 N–H and O–H groups in total. The molecule has 1 aromatic carbocycles. The topological polar surface area (TPSA) is 37.4 Å². The van der Waals surface area contributed by atoms with Crippen molar-refractivity contribution in [1.82, 2.24) is 4.31 Å². The molecule has 1 saturated heterocycles. The van der Waals surface area contributed by atoms with E-state index in [1.54, 1.807) is 11.8 Å². The SMILES string of the molecule is CC1SCCN1S(=O)(=O)Cc1ccc(F)cc1. The van der Waals surface area contributed by atoms with Gasteiger partial charge in [0.1, 0.15) is 5.82 Å². The molecule has 1 atom stereocenters. The summed E-state index contributed by atoms with van der Waals surface area (Å²) in [6, 6.07) is 5.60. The Morgan fingerprint density at radius 1 is 1.41 bits per heavy atom. The first-order chi connectivity index (χ1) is 7.99. The van der Waals surface area contributed by atoms with E-state index >= 15 is 0 Å². The van der Waals surface area contributed by atoms with Crippen LogP contribution in [0.25, 0.3) is 0 Å². The molecule has 2 rings (SSSR count). The average molecular weight is 275 g/mol. The number of sulfonamides is 1. The van der Waals surface area contributed by atoms with Crippen molar-refractivity contribution in [2.75, 3.05) is 12.3 Å². The highest BCUT2D eigenvalue weighted by molar-refractivity contribution is 8.01. The van der Waals surface area contributed by atoms with Gasteiger partial charge < -0.3 is 0 Å². The molecule has 3 nitrogen and oxygen atoms in total. The Bertz CT molecular complexity index is 487. The Hall–Kier alpha value is -0.590. The molecule has 1 unspecified atom stereocenters. The predicted molar refractivity (Wildman–Crippen MR) is 67.6 cm³/mol. The molecule has 1 aliphatic heterocycles. The number of benzene rings is 1. The summed E-state index contributed by atoms with van der Waals surface area (Å²) in [5, 5.41) is 0.000415. The van der Waals surface area contributed by atoms with E-state index in [2.05, 4.69) is 0 Å². The minimum atomic E-state index is -3.29. The van der Waals surface area contributed by atoms with E-state index in [0.29, 0.717) is 12.1 Å². The number of hydrogen-bond acceptors (Lipinski definition) is 3. The zero-order valence-corrected chi connectivity index (χ0v) is 11.1. The predicted octanol–water partition coefficient (Wildman–Crippen LogP) is 2.05. The Balaban J connectivity index is 2.14. The van der Waals surface area contributed by atoms with E-state index in [4.69, 9.17) is 0 Å². The highest BCUT2D eigenvalue weighted by Crippen LogP contribution is 2.27. The number of thioether (sulfide) groups is 1. The molecular formula is C11H14FNO2S2. The molecule has 0 radical (unpaired) electrons. The molecule has 1 aliphatic rings. The van der Waals surface area contributed by atoms with Gasteiger partial charge in [-0.05, 0) is 24.6 Å². The maximum absolute atomic E-state index is 12.7. The lowest BCUT2D eigenvalue weighted by atomic mass is 10.2. The van der Waals surface area contributed by atoms with Crippen molar-refractivity contribution in [3.8, 4) is 0 Å². The minimum Gasteiger partial charge on any atom is -0.212 e. The lowest BCUT2D eigenvalue weighted by molar-refractivity contribution is 0.441. The number of nitrogens with zero attached hydrogens (tertiary/aromatic N) is 1. The van der Waals surface area contributed by atoms with Crippen molar-refractivity contribution in [2.45, 2.75) is 18.1 Å². The highest BCUT2D eigenvalue weighted by Gasteiger charge is 2.31. The number of halogens is 1. The molecule has 0 spiro atoms. The molecule has 1 fully saturated rings. The van der Waals surface area contributed by atoms with E-state index in [1.807, 2.05) is 6.92 Å². The van der Waals surface area contributed by atoms with Gasteiger partial charge in [0.15, 0.2) is 0 Å². The summed E-state index contributed by atoms with van der Waals surface area (Å²) >= 11 is 1.63. The summed E-state index contributed by atoms with van der Waals surface area (Å²) in [4.78, 5) is 0. The molecule has 1 aromatic rings. The van der Waals surface area contributed by atoms with Crippen LogP contribution in [0.15, 0.2) is 24.3 Å². The quantitative estimate of drug-likeness (QED) is 0.847.